The van der Waals surface area contributed by atoms with E-state index in [0.29, 0.717) is 0 Å². The Kier molecular flexibility index (Phi) is 2.26. The van der Waals surface area contributed by atoms with Gasteiger partial charge in [0.25, 0.3) is 0 Å². The molecule has 0 aromatic heterocycles. The van der Waals surface area contributed by atoms with Gasteiger partial charge in [-0.2, -0.15) is 0 Å². The Balaban J connectivity index is 2.30. The highest BCUT2D eigenvalue weighted by atomic mass is 19.3. The van der Waals surface area contributed by atoms with Crippen LogP contribution in [0.2, 0.25) is 0 Å². The molecule has 0 fully saturated rings. The minimum Gasteiger partial charge on any atom is -0.395 e. The Bertz CT molecular complexity index is 382. The number of hydrogen-bond acceptors (Lipinski definition) is 3. The molecule has 1 aliphatic heterocycles. The number of benzene rings is 1. The van der Waals surface area contributed by atoms with E-state index in [0.717, 1.165) is 12.0 Å². The first-order valence-corrected chi connectivity index (χ1v) is 4.67. The van der Waals surface area contributed by atoms with Gasteiger partial charge in [0, 0.05) is 6.04 Å². The van der Waals surface area contributed by atoms with Crippen LogP contribution < -0.4 is 15.2 Å². The lowest BCUT2D eigenvalue weighted by atomic mass is 10.1. The first-order chi connectivity index (χ1) is 7.02. The zero-order valence-electron chi connectivity index (χ0n) is 8.17. The number of hydrogen-bond donors (Lipinski definition) is 1. The van der Waals surface area contributed by atoms with Crippen molar-refractivity contribution in [1.29, 1.82) is 0 Å². The number of nitrogens with two attached hydrogens (primary N) is 1. The fourth-order valence-electron chi connectivity index (χ4n) is 1.43. The van der Waals surface area contributed by atoms with Crippen molar-refractivity contribution in [2.24, 2.45) is 5.73 Å². The monoisotopic (exact) mass is 215 g/mol. The van der Waals surface area contributed by atoms with Gasteiger partial charge in [0.15, 0.2) is 11.5 Å². The van der Waals surface area contributed by atoms with Crippen LogP contribution in [0.5, 0.6) is 11.5 Å². The Labute approximate surface area is 85.8 Å². The maximum Gasteiger partial charge on any atom is 0.586 e. The summed E-state index contributed by atoms with van der Waals surface area (Å²) in [5, 5.41) is 0. The van der Waals surface area contributed by atoms with Crippen LogP contribution in [0.3, 0.4) is 0 Å². The largest absolute Gasteiger partial charge is 0.586 e. The lowest BCUT2D eigenvalue weighted by molar-refractivity contribution is -0.286. The first-order valence-electron chi connectivity index (χ1n) is 4.67. The van der Waals surface area contributed by atoms with Crippen molar-refractivity contribution in [1.82, 2.24) is 0 Å². The zero-order chi connectivity index (χ0) is 11.1. The summed E-state index contributed by atoms with van der Waals surface area (Å²) < 4.78 is 33.9. The fraction of sp³-hybridized carbons (Fsp3) is 0.400. The summed E-state index contributed by atoms with van der Waals surface area (Å²) in [6, 6.07) is 4.43. The predicted octanol–water partition coefficient (Wildman–Crippen LogP) is 2.42. The molecule has 1 atom stereocenters. The number of halogens is 2. The molecule has 3 nitrogen and oxygen atoms in total. The van der Waals surface area contributed by atoms with Crippen molar-refractivity contribution in [2.75, 3.05) is 0 Å². The standard InChI is InChI=1S/C10H11F2NO2/c1-2-7(13)6-3-4-8-9(5-6)15-10(11,12)14-8/h3-5,7H,2,13H2,1H3/t7-/m0/s1. The molecule has 0 amide bonds. The molecule has 0 unspecified atom stereocenters. The van der Waals surface area contributed by atoms with Crippen LogP contribution in [0.1, 0.15) is 24.9 Å². The van der Waals surface area contributed by atoms with E-state index >= 15 is 0 Å². The summed E-state index contributed by atoms with van der Waals surface area (Å²) in [7, 11) is 0. The molecule has 15 heavy (non-hydrogen) atoms. The molecular formula is C10H11F2NO2. The van der Waals surface area contributed by atoms with Crippen molar-refractivity contribution in [3.63, 3.8) is 0 Å². The predicted molar refractivity (Wildman–Crippen MR) is 49.9 cm³/mol. The molecule has 2 rings (SSSR count). The molecule has 82 valence electrons. The molecule has 1 aliphatic rings. The van der Waals surface area contributed by atoms with Gasteiger partial charge in [-0.15, -0.1) is 8.78 Å². The Morgan fingerprint density at radius 2 is 2.00 bits per heavy atom. The molecule has 0 spiro atoms. The minimum absolute atomic E-state index is 0.0430. The molecular weight excluding hydrogens is 204 g/mol. The number of ether oxygens (including phenoxy) is 2. The van der Waals surface area contributed by atoms with E-state index in [2.05, 4.69) is 9.47 Å². The maximum absolute atomic E-state index is 12.7. The molecule has 2 N–H and O–H groups in total. The minimum atomic E-state index is -3.56. The summed E-state index contributed by atoms with van der Waals surface area (Å²) in [6.45, 7) is 1.92. The Hall–Kier alpha value is -1.36. The van der Waals surface area contributed by atoms with E-state index in [4.69, 9.17) is 5.73 Å². The van der Waals surface area contributed by atoms with Crippen molar-refractivity contribution in [3.05, 3.63) is 23.8 Å². The summed E-state index contributed by atoms with van der Waals surface area (Å²) >= 11 is 0. The highest BCUT2D eigenvalue weighted by molar-refractivity contribution is 5.45. The molecule has 0 saturated heterocycles. The number of fused-ring (bicyclic) bond motifs is 1. The highest BCUT2D eigenvalue weighted by Gasteiger charge is 2.43. The van der Waals surface area contributed by atoms with Gasteiger partial charge in [0.1, 0.15) is 0 Å². The molecule has 0 saturated carbocycles. The third kappa shape index (κ3) is 1.87. The Morgan fingerprint density at radius 3 is 2.67 bits per heavy atom. The van der Waals surface area contributed by atoms with Crippen LogP contribution in [0.15, 0.2) is 18.2 Å². The van der Waals surface area contributed by atoms with Crippen LogP contribution in [0, 0.1) is 0 Å². The molecule has 0 bridgehead atoms. The SMILES string of the molecule is CC[C@H](N)c1ccc2c(c1)OC(F)(F)O2. The summed E-state index contributed by atoms with van der Waals surface area (Å²) in [5.74, 6) is 0.0912. The highest BCUT2D eigenvalue weighted by Crippen LogP contribution is 2.41. The van der Waals surface area contributed by atoms with Gasteiger partial charge >= 0.3 is 6.29 Å². The quantitative estimate of drug-likeness (QED) is 0.823. The lowest BCUT2D eigenvalue weighted by Gasteiger charge is -2.08. The van der Waals surface area contributed by atoms with E-state index in [9.17, 15) is 8.78 Å². The summed E-state index contributed by atoms with van der Waals surface area (Å²) in [5.41, 5.74) is 6.53. The van der Waals surface area contributed by atoms with Crippen LogP contribution in [-0.4, -0.2) is 6.29 Å². The van der Waals surface area contributed by atoms with Gasteiger partial charge in [0.2, 0.25) is 0 Å². The summed E-state index contributed by atoms with van der Waals surface area (Å²) in [6.07, 6.45) is -2.83. The third-order valence-corrected chi connectivity index (χ3v) is 2.29. The molecule has 5 heteroatoms. The van der Waals surface area contributed by atoms with Crippen molar-refractivity contribution < 1.29 is 18.3 Å². The van der Waals surface area contributed by atoms with Gasteiger partial charge in [-0.25, -0.2) is 0 Å². The third-order valence-electron chi connectivity index (χ3n) is 2.29. The van der Waals surface area contributed by atoms with Crippen molar-refractivity contribution in [2.45, 2.75) is 25.7 Å². The number of rotatable bonds is 2. The zero-order valence-corrected chi connectivity index (χ0v) is 8.17. The second-order valence-electron chi connectivity index (χ2n) is 3.39. The van der Waals surface area contributed by atoms with Crippen molar-refractivity contribution in [3.8, 4) is 11.5 Å². The second kappa shape index (κ2) is 3.34. The normalized spacial score (nSPS) is 18.9. The molecule has 0 radical (unpaired) electrons. The second-order valence-corrected chi connectivity index (χ2v) is 3.39. The van der Waals surface area contributed by atoms with E-state index < -0.39 is 6.29 Å². The van der Waals surface area contributed by atoms with Gasteiger partial charge in [-0.1, -0.05) is 13.0 Å². The van der Waals surface area contributed by atoms with E-state index in [1.54, 1.807) is 6.07 Å². The van der Waals surface area contributed by atoms with Gasteiger partial charge < -0.3 is 15.2 Å². The molecule has 1 aromatic rings. The van der Waals surface area contributed by atoms with Crippen LogP contribution in [0.4, 0.5) is 8.78 Å². The molecule has 0 aliphatic carbocycles. The van der Waals surface area contributed by atoms with E-state index in [1.807, 2.05) is 6.92 Å². The lowest BCUT2D eigenvalue weighted by Crippen LogP contribution is -2.25. The average molecular weight is 215 g/mol. The van der Waals surface area contributed by atoms with Crippen molar-refractivity contribution >= 4 is 0 Å². The van der Waals surface area contributed by atoms with E-state index in [1.165, 1.54) is 12.1 Å². The van der Waals surface area contributed by atoms with Gasteiger partial charge in [-0.3, -0.25) is 0 Å². The van der Waals surface area contributed by atoms with Crippen LogP contribution in [0.25, 0.3) is 0 Å². The Morgan fingerprint density at radius 1 is 1.33 bits per heavy atom. The van der Waals surface area contributed by atoms with Gasteiger partial charge in [0.05, 0.1) is 0 Å². The van der Waals surface area contributed by atoms with Crippen LogP contribution >= 0.6 is 0 Å². The first kappa shape index (κ1) is 10.2. The summed E-state index contributed by atoms with van der Waals surface area (Å²) in [4.78, 5) is 0. The maximum atomic E-state index is 12.7. The molecule has 1 heterocycles. The van der Waals surface area contributed by atoms with Gasteiger partial charge in [-0.05, 0) is 24.1 Å². The topological polar surface area (TPSA) is 44.5 Å². The van der Waals surface area contributed by atoms with E-state index in [-0.39, 0.29) is 17.5 Å². The molecule has 1 aromatic carbocycles. The fourth-order valence-corrected chi connectivity index (χ4v) is 1.43. The van der Waals surface area contributed by atoms with Crippen LogP contribution in [-0.2, 0) is 0 Å². The number of alkyl halides is 2. The average Bonchev–Trinajstić information content (AvgIpc) is 2.49. The smallest absolute Gasteiger partial charge is 0.395 e.